The van der Waals surface area contributed by atoms with E-state index in [1.54, 1.807) is 18.3 Å². The first-order valence-electron chi connectivity index (χ1n) is 5.71. The SMILES string of the molecule is [C-]#[N+]c1ccc(Cn2c(Cl)nc3cccnc32)cc1. The molecule has 1 aromatic carbocycles. The summed E-state index contributed by atoms with van der Waals surface area (Å²) in [7, 11) is 0. The number of halogens is 1. The number of hydrogen-bond donors (Lipinski definition) is 0. The van der Waals surface area contributed by atoms with Gasteiger partial charge in [0, 0.05) is 6.20 Å². The van der Waals surface area contributed by atoms with Crippen molar-refractivity contribution in [3.63, 3.8) is 0 Å². The molecule has 0 saturated carbocycles. The van der Waals surface area contributed by atoms with Crippen LogP contribution < -0.4 is 0 Å². The molecule has 3 aromatic rings. The van der Waals surface area contributed by atoms with E-state index in [4.69, 9.17) is 18.2 Å². The third-order valence-corrected chi connectivity index (χ3v) is 3.15. The lowest BCUT2D eigenvalue weighted by atomic mass is 10.2. The van der Waals surface area contributed by atoms with Gasteiger partial charge >= 0.3 is 0 Å². The molecule has 2 aromatic heterocycles. The Morgan fingerprint density at radius 2 is 2.00 bits per heavy atom. The molecule has 0 spiro atoms. The second-order valence-electron chi connectivity index (χ2n) is 4.09. The quantitative estimate of drug-likeness (QED) is 0.665. The summed E-state index contributed by atoms with van der Waals surface area (Å²) in [6.07, 6.45) is 1.72. The predicted octanol–water partition coefficient (Wildman–Crippen LogP) is 3.68. The Bertz CT molecular complexity index is 768. The van der Waals surface area contributed by atoms with Crippen LogP contribution >= 0.6 is 11.6 Å². The topological polar surface area (TPSA) is 35.1 Å². The molecule has 5 heteroatoms. The van der Waals surface area contributed by atoms with Crippen molar-refractivity contribution in [2.45, 2.75) is 6.54 Å². The summed E-state index contributed by atoms with van der Waals surface area (Å²) in [6.45, 7) is 7.52. The molecule has 0 fully saturated rings. The Labute approximate surface area is 115 Å². The average molecular weight is 269 g/mol. The van der Waals surface area contributed by atoms with Crippen molar-refractivity contribution in [2.75, 3.05) is 0 Å². The third-order valence-electron chi connectivity index (χ3n) is 2.86. The highest BCUT2D eigenvalue weighted by Gasteiger charge is 2.09. The van der Waals surface area contributed by atoms with Crippen molar-refractivity contribution < 1.29 is 0 Å². The standard InChI is InChI=1S/C14H9ClN4/c1-16-11-6-4-10(5-7-11)9-19-13-12(18-14(19)15)3-2-8-17-13/h2-8H,9H2. The van der Waals surface area contributed by atoms with Crippen molar-refractivity contribution >= 4 is 28.5 Å². The number of fused-ring (bicyclic) bond motifs is 1. The molecule has 4 nitrogen and oxygen atoms in total. The summed E-state index contributed by atoms with van der Waals surface area (Å²) in [5.74, 6) is 0. The fourth-order valence-electron chi connectivity index (χ4n) is 1.93. The van der Waals surface area contributed by atoms with Gasteiger partial charge in [0.2, 0.25) is 5.28 Å². The van der Waals surface area contributed by atoms with Gasteiger partial charge in [0.05, 0.1) is 13.1 Å². The van der Waals surface area contributed by atoms with Crippen LogP contribution in [0.3, 0.4) is 0 Å². The van der Waals surface area contributed by atoms with E-state index in [2.05, 4.69) is 14.8 Å². The molecular weight excluding hydrogens is 260 g/mol. The van der Waals surface area contributed by atoms with E-state index < -0.39 is 0 Å². The van der Waals surface area contributed by atoms with Crippen LogP contribution in [-0.2, 0) is 6.54 Å². The Kier molecular flexibility index (Phi) is 2.90. The minimum atomic E-state index is 0.419. The van der Waals surface area contributed by atoms with E-state index in [9.17, 15) is 0 Å². The summed E-state index contributed by atoms with van der Waals surface area (Å²) in [4.78, 5) is 11.9. The molecule has 19 heavy (non-hydrogen) atoms. The summed E-state index contributed by atoms with van der Waals surface area (Å²) in [5.41, 5.74) is 3.23. The van der Waals surface area contributed by atoms with Gasteiger partial charge in [-0.05, 0) is 29.3 Å². The molecule has 92 valence electrons. The second-order valence-corrected chi connectivity index (χ2v) is 4.43. The van der Waals surface area contributed by atoms with Gasteiger partial charge in [-0.2, -0.15) is 0 Å². The smallest absolute Gasteiger partial charge is 0.205 e. The maximum atomic E-state index is 6.93. The van der Waals surface area contributed by atoms with Gasteiger partial charge in [-0.15, -0.1) is 0 Å². The monoisotopic (exact) mass is 268 g/mol. The highest BCUT2D eigenvalue weighted by molar-refractivity contribution is 6.29. The van der Waals surface area contributed by atoms with Crippen LogP contribution in [0.5, 0.6) is 0 Å². The lowest BCUT2D eigenvalue weighted by Gasteiger charge is -2.05. The fourth-order valence-corrected chi connectivity index (χ4v) is 2.16. The Morgan fingerprint density at radius 3 is 2.74 bits per heavy atom. The zero-order valence-corrected chi connectivity index (χ0v) is 10.7. The first-order chi connectivity index (χ1) is 9.28. The van der Waals surface area contributed by atoms with E-state index in [1.165, 1.54) is 0 Å². The number of aromatic nitrogens is 3. The van der Waals surface area contributed by atoms with Gasteiger partial charge in [-0.1, -0.05) is 24.3 Å². The Hall–Kier alpha value is -2.38. The van der Waals surface area contributed by atoms with Gasteiger partial charge in [0.25, 0.3) is 0 Å². The van der Waals surface area contributed by atoms with Crippen LogP contribution in [0, 0.1) is 6.57 Å². The van der Waals surface area contributed by atoms with E-state index in [1.807, 2.05) is 28.8 Å². The summed E-state index contributed by atoms with van der Waals surface area (Å²) in [5, 5.41) is 0.419. The van der Waals surface area contributed by atoms with E-state index in [-0.39, 0.29) is 0 Å². The van der Waals surface area contributed by atoms with Gasteiger partial charge in [0.1, 0.15) is 5.52 Å². The normalized spacial score (nSPS) is 10.5. The largest absolute Gasteiger partial charge is 0.295 e. The summed E-state index contributed by atoms with van der Waals surface area (Å²) < 4.78 is 1.85. The lowest BCUT2D eigenvalue weighted by molar-refractivity contribution is 0.815. The molecule has 0 aliphatic carbocycles. The lowest BCUT2D eigenvalue weighted by Crippen LogP contribution is -2.00. The van der Waals surface area contributed by atoms with Crippen LogP contribution in [0.4, 0.5) is 5.69 Å². The molecule has 0 unspecified atom stereocenters. The van der Waals surface area contributed by atoms with Gasteiger partial charge < -0.3 is 0 Å². The molecule has 0 N–H and O–H groups in total. The summed E-state index contributed by atoms with van der Waals surface area (Å²) in [6, 6.07) is 11.1. The molecule has 0 amide bonds. The van der Waals surface area contributed by atoms with Gasteiger partial charge in [0.15, 0.2) is 11.3 Å². The molecular formula is C14H9ClN4. The fraction of sp³-hybridized carbons (Fsp3) is 0.0714. The Balaban J connectivity index is 2.00. The van der Waals surface area contributed by atoms with E-state index in [0.717, 1.165) is 16.7 Å². The molecule has 0 aliphatic heterocycles. The number of pyridine rings is 1. The molecule has 0 atom stereocenters. The Morgan fingerprint density at radius 1 is 1.21 bits per heavy atom. The van der Waals surface area contributed by atoms with Crippen molar-refractivity contribution in [3.05, 3.63) is 64.9 Å². The number of benzene rings is 1. The molecule has 0 bridgehead atoms. The van der Waals surface area contributed by atoms with Crippen LogP contribution in [0.2, 0.25) is 5.28 Å². The molecule has 2 heterocycles. The van der Waals surface area contributed by atoms with Crippen molar-refractivity contribution in [2.24, 2.45) is 0 Å². The van der Waals surface area contributed by atoms with Crippen LogP contribution in [0.1, 0.15) is 5.56 Å². The molecule has 0 radical (unpaired) electrons. The highest BCUT2D eigenvalue weighted by Crippen LogP contribution is 2.20. The second kappa shape index (κ2) is 4.71. The number of hydrogen-bond acceptors (Lipinski definition) is 2. The van der Waals surface area contributed by atoms with Gasteiger partial charge in [-0.25, -0.2) is 14.8 Å². The third kappa shape index (κ3) is 2.16. The van der Waals surface area contributed by atoms with E-state index in [0.29, 0.717) is 17.5 Å². The number of nitrogens with zero attached hydrogens (tertiary/aromatic N) is 4. The predicted molar refractivity (Wildman–Crippen MR) is 74.3 cm³/mol. The first kappa shape index (κ1) is 11.7. The highest BCUT2D eigenvalue weighted by atomic mass is 35.5. The average Bonchev–Trinajstić information content (AvgIpc) is 2.76. The van der Waals surface area contributed by atoms with Crippen LogP contribution in [0.25, 0.3) is 16.0 Å². The van der Waals surface area contributed by atoms with Crippen molar-refractivity contribution in [3.8, 4) is 0 Å². The first-order valence-corrected chi connectivity index (χ1v) is 6.09. The van der Waals surface area contributed by atoms with Crippen LogP contribution in [-0.4, -0.2) is 14.5 Å². The number of rotatable bonds is 2. The molecule has 3 rings (SSSR count). The molecule has 0 aliphatic rings. The summed E-state index contributed by atoms with van der Waals surface area (Å²) >= 11 is 6.14. The maximum absolute atomic E-state index is 6.93. The van der Waals surface area contributed by atoms with Gasteiger partial charge in [-0.3, -0.25) is 4.57 Å². The van der Waals surface area contributed by atoms with Crippen molar-refractivity contribution in [1.82, 2.24) is 14.5 Å². The van der Waals surface area contributed by atoms with Crippen molar-refractivity contribution in [1.29, 1.82) is 0 Å². The maximum Gasteiger partial charge on any atom is 0.205 e. The van der Waals surface area contributed by atoms with E-state index >= 15 is 0 Å². The zero-order chi connectivity index (χ0) is 13.2. The van der Waals surface area contributed by atoms with Crippen LogP contribution in [0.15, 0.2) is 42.6 Å². The molecule has 0 saturated heterocycles. The minimum Gasteiger partial charge on any atom is -0.295 e. The number of imidazole rings is 1. The minimum absolute atomic E-state index is 0.419. The zero-order valence-electron chi connectivity index (χ0n) is 9.92.